The average molecular weight is 233 g/mol. The zero-order chi connectivity index (χ0) is 11.5. The van der Waals surface area contributed by atoms with Crippen molar-refractivity contribution in [1.29, 1.82) is 5.26 Å². The highest BCUT2D eigenvalue weighted by molar-refractivity contribution is 7.10. The Morgan fingerprint density at radius 1 is 1.44 bits per heavy atom. The molecule has 0 radical (unpaired) electrons. The first-order valence-corrected chi connectivity index (χ1v) is 5.37. The first-order valence-electron chi connectivity index (χ1n) is 4.60. The van der Waals surface area contributed by atoms with Crippen molar-refractivity contribution in [1.82, 2.24) is 4.37 Å². The summed E-state index contributed by atoms with van der Waals surface area (Å²) in [5, 5.41) is 12.4. The lowest BCUT2D eigenvalue weighted by Gasteiger charge is -2.04. The average Bonchev–Trinajstić information content (AvgIpc) is 2.63. The largest absolute Gasteiger partial charge is 0.342 e. The van der Waals surface area contributed by atoms with Gasteiger partial charge in [-0.1, -0.05) is 12.1 Å². The minimum Gasteiger partial charge on any atom is -0.342 e. The van der Waals surface area contributed by atoms with Crippen LogP contribution in [0.15, 0.2) is 24.3 Å². The second-order valence-corrected chi connectivity index (χ2v) is 3.96. The van der Waals surface area contributed by atoms with Crippen LogP contribution >= 0.6 is 11.5 Å². The third kappa shape index (κ3) is 1.88. The number of rotatable bonds is 2. The molecule has 0 saturated carbocycles. The highest BCUT2D eigenvalue weighted by atomic mass is 32.1. The van der Waals surface area contributed by atoms with Crippen LogP contribution in [0.2, 0.25) is 0 Å². The Kier molecular flexibility index (Phi) is 2.84. The fourth-order valence-electron chi connectivity index (χ4n) is 1.27. The molecule has 0 fully saturated rings. The van der Waals surface area contributed by atoms with Gasteiger partial charge in [0.2, 0.25) is 0 Å². The molecule has 16 heavy (non-hydrogen) atoms. The van der Waals surface area contributed by atoms with E-state index < -0.39 is 0 Å². The lowest BCUT2D eigenvalue weighted by molar-refractivity contribution is 0.632. The lowest BCUT2D eigenvalue weighted by Crippen LogP contribution is -1.93. The Labute approximate surface area is 96.3 Å². The summed E-state index contributed by atoms with van der Waals surface area (Å²) in [5.41, 5.74) is 1.47. The monoisotopic (exact) mass is 233 g/mol. The first-order chi connectivity index (χ1) is 7.72. The molecule has 5 heteroatoms. The minimum atomic E-state index is -0.350. The van der Waals surface area contributed by atoms with E-state index in [-0.39, 0.29) is 5.82 Å². The van der Waals surface area contributed by atoms with E-state index in [9.17, 15) is 4.39 Å². The van der Waals surface area contributed by atoms with Crippen molar-refractivity contribution in [2.45, 2.75) is 6.92 Å². The fourth-order valence-corrected chi connectivity index (χ4v) is 2.03. The van der Waals surface area contributed by atoms with Gasteiger partial charge in [0.05, 0.1) is 11.4 Å². The van der Waals surface area contributed by atoms with Gasteiger partial charge < -0.3 is 5.32 Å². The van der Waals surface area contributed by atoms with E-state index >= 15 is 0 Å². The molecule has 0 amide bonds. The Hall–Kier alpha value is -1.93. The minimum absolute atomic E-state index is 0.350. The van der Waals surface area contributed by atoms with Crippen molar-refractivity contribution in [2.24, 2.45) is 0 Å². The summed E-state index contributed by atoms with van der Waals surface area (Å²) < 4.78 is 17.4. The molecular weight excluding hydrogens is 225 g/mol. The number of hydrogen-bond donors (Lipinski definition) is 1. The summed E-state index contributed by atoms with van der Waals surface area (Å²) in [4.78, 5) is 0. The van der Waals surface area contributed by atoms with Gasteiger partial charge in [-0.05, 0) is 30.6 Å². The maximum atomic E-state index is 13.4. The van der Waals surface area contributed by atoms with Crippen LogP contribution in [0, 0.1) is 24.1 Å². The normalized spacial score (nSPS) is 9.81. The van der Waals surface area contributed by atoms with E-state index in [0.717, 1.165) is 11.5 Å². The maximum absolute atomic E-state index is 13.4. The summed E-state index contributed by atoms with van der Waals surface area (Å²) >= 11 is 1.15. The molecule has 1 aromatic carbocycles. The third-order valence-corrected chi connectivity index (χ3v) is 2.95. The molecule has 2 aromatic rings. The predicted molar refractivity (Wildman–Crippen MR) is 61.2 cm³/mol. The molecule has 0 atom stereocenters. The quantitative estimate of drug-likeness (QED) is 0.866. The van der Waals surface area contributed by atoms with Gasteiger partial charge in [0.15, 0.2) is 0 Å². The Balaban J connectivity index is 2.35. The van der Waals surface area contributed by atoms with Crippen LogP contribution in [0.4, 0.5) is 15.1 Å². The van der Waals surface area contributed by atoms with E-state index in [1.165, 1.54) is 6.07 Å². The van der Waals surface area contributed by atoms with Crippen LogP contribution in [0.3, 0.4) is 0 Å². The van der Waals surface area contributed by atoms with Gasteiger partial charge in [0.25, 0.3) is 0 Å². The van der Waals surface area contributed by atoms with Crippen molar-refractivity contribution in [2.75, 3.05) is 5.32 Å². The molecule has 0 aliphatic carbocycles. The van der Waals surface area contributed by atoms with E-state index in [1.54, 1.807) is 25.1 Å². The van der Waals surface area contributed by atoms with Gasteiger partial charge in [-0.3, -0.25) is 0 Å². The number of anilines is 2. The van der Waals surface area contributed by atoms with Crippen LogP contribution in [0.25, 0.3) is 0 Å². The molecule has 0 aliphatic heterocycles. The number of nitrogens with zero attached hydrogens (tertiary/aromatic N) is 2. The van der Waals surface area contributed by atoms with Crippen molar-refractivity contribution in [3.63, 3.8) is 0 Å². The van der Waals surface area contributed by atoms with Gasteiger partial charge in [0.1, 0.15) is 22.5 Å². The van der Waals surface area contributed by atoms with Gasteiger partial charge in [-0.2, -0.15) is 9.64 Å². The molecule has 1 aromatic heterocycles. The summed E-state index contributed by atoms with van der Waals surface area (Å²) in [6.45, 7) is 1.75. The van der Waals surface area contributed by atoms with Crippen molar-refractivity contribution in [3.8, 4) is 6.07 Å². The summed E-state index contributed by atoms with van der Waals surface area (Å²) in [5.74, 6) is -0.350. The van der Waals surface area contributed by atoms with E-state index in [2.05, 4.69) is 9.69 Å². The molecule has 0 saturated heterocycles. The lowest BCUT2D eigenvalue weighted by atomic mass is 10.2. The SMILES string of the molecule is Cc1nsc(Nc2ccccc2F)c1C#N. The standard InChI is InChI=1S/C11H8FN3S/c1-7-8(6-13)11(16-15-7)14-10-5-3-2-4-9(10)12/h2-5,14H,1H3. The van der Waals surface area contributed by atoms with Crippen LogP contribution < -0.4 is 5.32 Å². The second kappa shape index (κ2) is 4.29. The van der Waals surface area contributed by atoms with Crippen molar-refractivity contribution < 1.29 is 4.39 Å². The van der Waals surface area contributed by atoms with Crippen LogP contribution in [-0.2, 0) is 0 Å². The molecule has 0 spiro atoms. The molecule has 2 rings (SSSR count). The number of nitrogens with one attached hydrogen (secondary N) is 1. The molecule has 1 heterocycles. The molecule has 0 aliphatic rings. The van der Waals surface area contributed by atoms with E-state index in [1.807, 2.05) is 6.07 Å². The molecule has 0 unspecified atom stereocenters. The van der Waals surface area contributed by atoms with Crippen LogP contribution in [-0.4, -0.2) is 4.37 Å². The smallest absolute Gasteiger partial charge is 0.146 e. The number of aromatic nitrogens is 1. The molecule has 3 nitrogen and oxygen atoms in total. The number of benzene rings is 1. The number of hydrogen-bond acceptors (Lipinski definition) is 4. The van der Waals surface area contributed by atoms with E-state index in [4.69, 9.17) is 5.26 Å². The zero-order valence-corrected chi connectivity index (χ0v) is 9.31. The highest BCUT2D eigenvalue weighted by Crippen LogP contribution is 2.28. The van der Waals surface area contributed by atoms with Gasteiger partial charge in [-0.15, -0.1) is 0 Å². The Morgan fingerprint density at radius 3 is 2.88 bits per heavy atom. The number of aryl methyl sites for hydroxylation is 1. The molecule has 80 valence electrons. The predicted octanol–water partition coefficient (Wildman–Crippen LogP) is 3.21. The Morgan fingerprint density at radius 2 is 2.19 bits per heavy atom. The fraction of sp³-hybridized carbons (Fsp3) is 0.0909. The summed E-state index contributed by atoms with van der Waals surface area (Å²) in [6.07, 6.45) is 0. The van der Waals surface area contributed by atoms with Gasteiger partial charge in [-0.25, -0.2) is 4.39 Å². The number of nitriles is 1. The highest BCUT2D eigenvalue weighted by Gasteiger charge is 2.11. The number of para-hydroxylation sites is 1. The van der Waals surface area contributed by atoms with Gasteiger partial charge in [0, 0.05) is 0 Å². The summed E-state index contributed by atoms with van der Waals surface area (Å²) in [7, 11) is 0. The van der Waals surface area contributed by atoms with Crippen LogP contribution in [0.5, 0.6) is 0 Å². The third-order valence-electron chi connectivity index (χ3n) is 2.10. The van der Waals surface area contributed by atoms with Crippen molar-refractivity contribution >= 4 is 22.2 Å². The first kappa shape index (κ1) is 10.6. The second-order valence-electron chi connectivity index (χ2n) is 3.19. The summed E-state index contributed by atoms with van der Waals surface area (Å²) in [6, 6.07) is 8.37. The Bertz CT molecular complexity index is 557. The topological polar surface area (TPSA) is 48.7 Å². The van der Waals surface area contributed by atoms with Crippen molar-refractivity contribution in [3.05, 3.63) is 41.3 Å². The molecule has 1 N–H and O–H groups in total. The maximum Gasteiger partial charge on any atom is 0.146 e. The molecule has 0 bridgehead atoms. The van der Waals surface area contributed by atoms with E-state index in [0.29, 0.717) is 21.9 Å². The number of halogens is 1. The molecular formula is C11H8FN3S. The van der Waals surface area contributed by atoms with Crippen LogP contribution in [0.1, 0.15) is 11.3 Å². The van der Waals surface area contributed by atoms with Gasteiger partial charge >= 0.3 is 0 Å². The zero-order valence-electron chi connectivity index (χ0n) is 8.49.